The molecule has 1 aromatic carbocycles. The first kappa shape index (κ1) is 23.3. The van der Waals surface area contributed by atoms with Crippen molar-refractivity contribution in [3.05, 3.63) is 35.4 Å². The van der Waals surface area contributed by atoms with Crippen molar-refractivity contribution in [3.63, 3.8) is 0 Å². The second kappa shape index (κ2) is 10.8. The van der Waals surface area contributed by atoms with Gasteiger partial charge in [0.15, 0.2) is 0 Å². The van der Waals surface area contributed by atoms with Crippen LogP contribution in [0.1, 0.15) is 56.7 Å². The molecule has 3 unspecified atom stereocenters. The number of carbonyl (C=O) groups is 3. The minimum Gasteiger partial charge on any atom is -0.347 e. The Morgan fingerprint density at radius 1 is 1.19 bits per heavy atom. The van der Waals surface area contributed by atoms with Gasteiger partial charge in [-0.25, -0.2) is 0 Å². The molecule has 2 aliphatic rings. The molecule has 170 valence electrons. The van der Waals surface area contributed by atoms with Crippen molar-refractivity contribution >= 4 is 17.7 Å². The van der Waals surface area contributed by atoms with Crippen molar-refractivity contribution in [2.75, 3.05) is 26.7 Å². The monoisotopic (exact) mass is 428 g/mol. The molecule has 1 aromatic rings. The fourth-order valence-corrected chi connectivity index (χ4v) is 4.63. The Balaban J connectivity index is 1.61. The van der Waals surface area contributed by atoms with E-state index in [-0.39, 0.29) is 42.9 Å². The molecule has 1 fully saturated rings. The second-order valence-corrected chi connectivity index (χ2v) is 8.85. The maximum absolute atomic E-state index is 13.0. The molecule has 0 spiro atoms. The minimum atomic E-state index is -0.374. The highest BCUT2D eigenvalue weighted by atomic mass is 16.2. The highest BCUT2D eigenvalue weighted by molar-refractivity contribution is 5.89. The predicted molar refractivity (Wildman–Crippen MR) is 120 cm³/mol. The molecule has 3 amide bonds. The Bertz CT molecular complexity index is 793. The third kappa shape index (κ3) is 5.64. The highest BCUT2D eigenvalue weighted by Gasteiger charge is 2.40. The molecule has 3 N–H and O–H groups in total. The summed E-state index contributed by atoms with van der Waals surface area (Å²) < 4.78 is 0. The first-order valence-electron chi connectivity index (χ1n) is 11.5. The molecule has 0 aromatic heterocycles. The summed E-state index contributed by atoms with van der Waals surface area (Å²) in [6, 6.07) is 8.01. The number of likely N-dealkylation sites (N-methyl/N-ethyl adjacent to an activating group) is 1. The van der Waals surface area contributed by atoms with E-state index >= 15 is 0 Å². The number of fused-ring (bicyclic) bond motifs is 1. The molecule has 3 atom stereocenters. The van der Waals surface area contributed by atoms with Crippen LogP contribution in [-0.4, -0.2) is 55.3 Å². The molecular formula is C24H36N4O3. The fraction of sp³-hybridized carbons (Fsp3) is 0.625. The van der Waals surface area contributed by atoms with E-state index in [2.05, 4.69) is 34.1 Å². The van der Waals surface area contributed by atoms with E-state index in [1.807, 2.05) is 13.0 Å². The first-order chi connectivity index (χ1) is 14.9. The van der Waals surface area contributed by atoms with Gasteiger partial charge < -0.3 is 20.9 Å². The fourth-order valence-electron chi connectivity index (χ4n) is 4.63. The van der Waals surface area contributed by atoms with Gasteiger partial charge in [0.05, 0.1) is 25.2 Å². The van der Waals surface area contributed by atoms with Crippen LogP contribution < -0.4 is 16.0 Å². The number of nitrogens with zero attached hydrogens (tertiary/aromatic N) is 1. The Morgan fingerprint density at radius 3 is 2.58 bits per heavy atom. The first-order valence-corrected chi connectivity index (χ1v) is 11.5. The molecule has 0 heterocycles. The number of hydrogen-bond acceptors (Lipinski definition) is 4. The van der Waals surface area contributed by atoms with Crippen LogP contribution in [0.25, 0.3) is 0 Å². The van der Waals surface area contributed by atoms with Gasteiger partial charge in [-0.15, -0.1) is 0 Å². The summed E-state index contributed by atoms with van der Waals surface area (Å²) in [7, 11) is 1.69. The van der Waals surface area contributed by atoms with Crippen LogP contribution in [0, 0.1) is 11.8 Å². The number of benzene rings is 1. The average molecular weight is 429 g/mol. The average Bonchev–Trinajstić information content (AvgIpc) is 3.07. The predicted octanol–water partition coefficient (Wildman–Crippen LogP) is 1.78. The van der Waals surface area contributed by atoms with E-state index in [0.29, 0.717) is 18.4 Å². The standard InChI is InChI=1S/C24H36N4O3/c1-4-12-28(22(30)14-26-24(31)16(2)25-3)15-21(29)27-23-19-11-6-5-8-18(19)13-20(23)17-9-7-10-17/h5-6,8,11,16-17,20,23,25H,4,7,9-10,12-15H2,1-3H3,(H,26,31)(H,27,29). The zero-order valence-electron chi connectivity index (χ0n) is 18.9. The zero-order valence-corrected chi connectivity index (χ0v) is 18.9. The van der Waals surface area contributed by atoms with Gasteiger partial charge in [0.1, 0.15) is 0 Å². The molecule has 0 saturated heterocycles. The van der Waals surface area contributed by atoms with Crippen molar-refractivity contribution in [2.45, 2.75) is 58.0 Å². The lowest BCUT2D eigenvalue weighted by Gasteiger charge is -2.35. The van der Waals surface area contributed by atoms with Crippen LogP contribution in [0.5, 0.6) is 0 Å². The summed E-state index contributed by atoms with van der Waals surface area (Å²) in [6.45, 7) is 4.10. The van der Waals surface area contributed by atoms with Crippen LogP contribution in [-0.2, 0) is 20.8 Å². The summed E-state index contributed by atoms with van der Waals surface area (Å²) in [6.07, 6.45) is 5.50. The molecule has 0 radical (unpaired) electrons. The van der Waals surface area contributed by atoms with Gasteiger partial charge in [0, 0.05) is 6.54 Å². The molecule has 2 aliphatic carbocycles. The van der Waals surface area contributed by atoms with E-state index in [0.717, 1.165) is 12.8 Å². The number of carbonyl (C=O) groups excluding carboxylic acids is 3. The van der Waals surface area contributed by atoms with Crippen molar-refractivity contribution in [2.24, 2.45) is 11.8 Å². The largest absolute Gasteiger partial charge is 0.347 e. The van der Waals surface area contributed by atoms with Crippen molar-refractivity contribution < 1.29 is 14.4 Å². The van der Waals surface area contributed by atoms with Crippen molar-refractivity contribution in [1.29, 1.82) is 0 Å². The van der Waals surface area contributed by atoms with Gasteiger partial charge in [0.2, 0.25) is 17.7 Å². The maximum atomic E-state index is 13.0. The zero-order chi connectivity index (χ0) is 22.4. The summed E-state index contributed by atoms with van der Waals surface area (Å²) in [5, 5.41) is 8.73. The van der Waals surface area contributed by atoms with Gasteiger partial charge in [0.25, 0.3) is 0 Å². The third-order valence-electron chi connectivity index (χ3n) is 6.77. The van der Waals surface area contributed by atoms with E-state index < -0.39 is 0 Å². The SMILES string of the molecule is CCCN(CC(=O)NC1c2ccccc2CC1C1CCC1)C(=O)CNC(=O)C(C)NC. The van der Waals surface area contributed by atoms with Crippen LogP contribution in [0.4, 0.5) is 0 Å². The summed E-state index contributed by atoms with van der Waals surface area (Å²) >= 11 is 0. The summed E-state index contributed by atoms with van der Waals surface area (Å²) in [4.78, 5) is 39.1. The maximum Gasteiger partial charge on any atom is 0.242 e. The number of hydrogen-bond donors (Lipinski definition) is 3. The van der Waals surface area contributed by atoms with Gasteiger partial charge in [-0.1, -0.05) is 50.5 Å². The molecule has 0 aliphatic heterocycles. The molecule has 3 rings (SSSR count). The molecule has 0 bridgehead atoms. The quantitative estimate of drug-likeness (QED) is 0.530. The van der Waals surface area contributed by atoms with Crippen LogP contribution in [0.15, 0.2) is 24.3 Å². The van der Waals surface area contributed by atoms with Crippen molar-refractivity contribution in [3.8, 4) is 0 Å². The Hall–Kier alpha value is -2.41. The lowest BCUT2D eigenvalue weighted by Crippen LogP contribution is -2.49. The Labute approximate surface area is 185 Å². The molecule has 7 heteroatoms. The number of nitrogens with one attached hydrogen (secondary N) is 3. The highest BCUT2D eigenvalue weighted by Crippen LogP contribution is 2.46. The van der Waals surface area contributed by atoms with Crippen LogP contribution in [0.2, 0.25) is 0 Å². The van der Waals surface area contributed by atoms with Gasteiger partial charge in [-0.05, 0) is 49.8 Å². The second-order valence-electron chi connectivity index (χ2n) is 8.85. The van der Waals surface area contributed by atoms with E-state index in [1.165, 1.54) is 30.4 Å². The van der Waals surface area contributed by atoms with E-state index in [1.54, 1.807) is 18.9 Å². The van der Waals surface area contributed by atoms with Crippen LogP contribution >= 0.6 is 0 Å². The topological polar surface area (TPSA) is 90.5 Å². The lowest BCUT2D eigenvalue weighted by atomic mass is 9.73. The molecule has 31 heavy (non-hydrogen) atoms. The van der Waals surface area contributed by atoms with E-state index in [4.69, 9.17) is 0 Å². The molecule has 1 saturated carbocycles. The smallest absolute Gasteiger partial charge is 0.242 e. The minimum absolute atomic E-state index is 0.0141. The Morgan fingerprint density at radius 2 is 1.94 bits per heavy atom. The third-order valence-corrected chi connectivity index (χ3v) is 6.77. The normalized spacial score (nSPS) is 21.0. The summed E-state index contributed by atoms with van der Waals surface area (Å²) in [5.74, 6) is 0.490. The van der Waals surface area contributed by atoms with Gasteiger partial charge in [-0.2, -0.15) is 0 Å². The number of amides is 3. The number of rotatable bonds is 10. The van der Waals surface area contributed by atoms with Gasteiger partial charge >= 0.3 is 0 Å². The lowest BCUT2D eigenvalue weighted by molar-refractivity contribution is -0.137. The van der Waals surface area contributed by atoms with Crippen LogP contribution in [0.3, 0.4) is 0 Å². The molecular weight excluding hydrogens is 392 g/mol. The van der Waals surface area contributed by atoms with Gasteiger partial charge in [-0.3, -0.25) is 14.4 Å². The van der Waals surface area contributed by atoms with E-state index in [9.17, 15) is 14.4 Å². The Kier molecular flexibility index (Phi) is 8.07. The van der Waals surface area contributed by atoms with Crippen molar-refractivity contribution in [1.82, 2.24) is 20.9 Å². The molecule has 7 nitrogen and oxygen atoms in total. The summed E-state index contributed by atoms with van der Waals surface area (Å²) in [5.41, 5.74) is 2.54.